The number of carbonyl (C=O) groups is 3. The highest BCUT2D eigenvalue weighted by Gasteiger charge is 2.62. The van der Waals surface area contributed by atoms with Crippen LogP contribution in [0.3, 0.4) is 0 Å². The fraction of sp³-hybridized carbons (Fsp3) is 0.295. The van der Waals surface area contributed by atoms with Gasteiger partial charge in [0.15, 0.2) is 17.9 Å². The molecule has 0 saturated carbocycles. The zero-order chi connectivity index (χ0) is 40.6. The average Bonchev–Trinajstić information content (AvgIpc) is 3.49. The van der Waals surface area contributed by atoms with Gasteiger partial charge in [0.2, 0.25) is 0 Å². The lowest BCUT2D eigenvalue weighted by Gasteiger charge is -2.45. The van der Waals surface area contributed by atoms with Gasteiger partial charge >= 0.3 is 17.6 Å². The topological polar surface area (TPSA) is 144 Å². The first-order valence-corrected chi connectivity index (χ1v) is 20.6. The molecule has 4 atom stereocenters. The van der Waals surface area contributed by atoms with Crippen molar-refractivity contribution in [3.63, 3.8) is 0 Å². The molecule has 1 unspecified atom stereocenters. The number of hydrogen-bond donors (Lipinski definition) is 1. The minimum absolute atomic E-state index is 0.00482. The van der Waals surface area contributed by atoms with Gasteiger partial charge in [0, 0.05) is 25.6 Å². The fourth-order valence-electron chi connectivity index (χ4n) is 7.30. The molecule has 57 heavy (non-hydrogen) atoms. The second-order valence-electron chi connectivity index (χ2n) is 14.9. The molecule has 12 nitrogen and oxygen atoms in total. The van der Waals surface area contributed by atoms with Crippen molar-refractivity contribution in [3.8, 4) is 0 Å². The monoisotopic (exact) mass is 789 g/mol. The number of ether oxygens (including phenoxy) is 4. The average molecular weight is 790 g/mol. The van der Waals surface area contributed by atoms with E-state index in [4.69, 9.17) is 23.4 Å². The van der Waals surface area contributed by atoms with Crippen LogP contribution in [0.1, 0.15) is 56.8 Å². The molecular weight excluding hydrogens is 743 g/mol. The van der Waals surface area contributed by atoms with E-state index < -0.39 is 60.9 Å². The zero-order valence-electron chi connectivity index (χ0n) is 32.6. The van der Waals surface area contributed by atoms with Crippen LogP contribution in [0.4, 0.5) is 5.82 Å². The minimum atomic E-state index is -3.26. The van der Waals surface area contributed by atoms with Crippen molar-refractivity contribution >= 4 is 42.4 Å². The lowest BCUT2D eigenvalue weighted by atomic mass is 9.96. The second-order valence-corrected chi connectivity index (χ2v) is 19.2. The van der Waals surface area contributed by atoms with Gasteiger partial charge < -0.3 is 28.7 Å². The number of rotatable bonds is 14. The summed E-state index contributed by atoms with van der Waals surface area (Å²) in [6.07, 6.45) is -2.33. The molecule has 1 aromatic heterocycles. The van der Waals surface area contributed by atoms with Crippen LogP contribution in [-0.2, 0) is 39.6 Å². The highest BCUT2D eigenvalue weighted by atomic mass is 28.4. The van der Waals surface area contributed by atoms with E-state index in [2.05, 4.69) is 55.3 Å². The summed E-state index contributed by atoms with van der Waals surface area (Å²) in [5.74, 6) is -1.70. The normalized spacial score (nSPS) is 19.4. The summed E-state index contributed by atoms with van der Waals surface area (Å²) in [7, 11) is -3.26. The Labute approximate surface area is 332 Å². The first kappa shape index (κ1) is 40.9. The van der Waals surface area contributed by atoms with Gasteiger partial charge in [0.05, 0.1) is 13.2 Å². The summed E-state index contributed by atoms with van der Waals surface area (Å²) in [6.45, 7) is 8.40. The first-order valence-electron chi connectivity index (χ1n) is 18.7. The zero-order valence-corrected chi connectivity index (χ0v) is 33.6. The molecule has 1 N–H and O–H groups in total. The van der Waals surface area contributed by atoms with E-state index in [9.17, 15) is 19.2 Å². The molecule has 296 valence electrons. The van der Waals surface area contributed by atoms with Crippen molar-refractivity contribution in [3.05, 3.63) is 155 Å². The van der Waals surface area contributed by atoms with Crippen molar-refractivity contribution in [2.75, 3.05) is 18.5 Å². The summed E-state index contributed by atoms with van der Waals surface area (Å²) in [5, 5.41) is 4.19. The number of esters is 2. The Morgan fingerprint density at radius 1 is 0.789 bits per heavy atom. The highest BCUT2D eigenvalue weighted by Crippen LogP contribution is 2.44. The Hall–Kier alpha value is -5.73. The SMILES string of the molecule is CC(=O)OC[C@@]1(CO[Si](c2ccccc2)(c2ccccc2)C(C)(C)C)O[C@@H](n2ccc(NC(=O)c3ccccc3)nc2=O)[C@@H](OC(C)=O)C1OCc1ccccc1. The van der Waals surface area contributed by atoms with E-state index in [-0.39, 0.29) is 25.6 Å². The van der Waals surface area contributed by atoms with Crippen molar-refractivity contribution in [1.29, 1.82) is 0 Å². The molecule has 6 rings (SSSR count). The molecule has 13 heteroatoms. The molecule has 2 heterocycles. The smallest absolute Gasteiger partial charge is 0.351 e. The molecule has 0 bridgehead atoms. The van der Waals surface area contributed by atoms with Crippen LogP contribution >= 0.6 is 0 Å². The van der Waals surface area contributed by atoms with Crippen LogP contribution in [0.15, 0.2) is 138 Å². The van der Waals surface area contributed by atoms with Crippen LogP contribution in [0.25, 0.3) is 0 Å². The molecule has 4 aromatic carbocycles. The van der Waals surface area contributed by atoms with Crippen molar-refractivity contribution in [2.45, 2.75) is 70.3 Å². The van der Waals surface area contributed by atoms with Crippen LogP contribution < -0.4 is 21.4 Å². The molecular formula is C44H47N3O9Si. The van der Waals surface area contributed by atoms with Gasteiger partial charge in [-0.3, -0.25) is 19.0 Å². The summed E-state index contributed by atoms with van der Waals surface area (Å²) in [5.41, 5.74) is -1.25. The fourth-order valence-corrected chi connectivity index (χ4v) is 11.9. The molecule has 0 aliphatic carbocycles. The van der Waals surface area contributed by atoms with E-state index in [1.807, 2.05) is 66.7 Å². The van der Waals surface area contributed by atoms with Crippen LogP contribution in [0.5, 0.6) is 0 Å². The molecule has 1 aliphatic heterocycles. The largest absolute Gasteiger partial charge is 0.463 e. The number of carbonyl (C=O) groups excluding carboxylic acids is 3. The van der Waals surface area contributed by atoms with E-state index >= 15 is 0 Å². The maximum absolute atomic E-state index is 13.9. The molecule has 0 spiro atoms. The summed E-state index contributed by atoms with van der Waals surface area (Å²) < 4.78 is 33.9. The standard InChI is InChI=1S/C44H47N3O9Si/c1-31(48)53-29-44(30-54-57(43(3,4)5,35-22-14-8-15-23-35)36-24-16-9-17-25-36)39(52-28-33-18-10-6-11-19-33)38(55-32(2)49)41(56-44)47-27-26-37(46-42(47)51)45-40(50)34-20-12-7-13-21-34/h6-27,38-39,41H,28-30H2,1-5H3,(H,45,46,50,51)/t38-,39?,41+,44-/m0/s1. The third kappa shape index (κ3) is 9.13. The Morgan fingerprint density at radius 3 is 1.88 bits per heavy atom. The van der Waals surface area contributed by atoms with E-state index in [0.29, 0.717) is 5.56 Å². The Kier molecular flexibility index (Phi) is 12.6. The number of amides is 1. The quantitative estimate of drug-likeness (QED) is 0.114. The summed E-state index contributed by atoms with van der Waals surface area (Å²) >= 11 is 0. The van der Waals surface area contributed by atoms with Gasteiger partial charge in [-0.25, -0.2) is 4.79 Å². The van der Waals surface area contributed by atoms with E-state index in [1.54, 1.807) is 30.3 Å². The van der Waals surface area contributed by atoms with Gasteiger partial charge in [-0.1, -0.05) is 130 Å². The number of aromatic nitrogens is 2. The van der Waals surface area contributed by atoms with Gasteiger partial charge in [-0.15, -0.1) is 0 Å². The Balaban J connectivity index is 1.47. The van der Waals surface area contributed by atoms with Crippen molar-refractivity contribution in [1.82, 2.24) is 9.55 Å². The number of anilines is 1. The minimum Gasteiger partial charge on any atom is -0.463 e. The lowest BCUT2D eigenvalue weighted by Crippen LogP contribution is -2.68. The van der Waals surface area contributed by atoms with Gasteiger partial charge in [0.1, 0.15) is 18.5 Å². The van der Waals surface area contributed by atoms with Crippen molar-refractivity contribution < 1.29 is 37.8 Å². The maximum atomic E-state index is 13.9. The molecule has 1 fully saturated rings. The molecule has 5 aromatic rings. The predicted octanol–water partition coefficient (Wildman–Crippen LogP) is 5.42. The third-order valence-corrected chi connectivity index (χ3v) is 14.9. The van der Waals surface area contributed by atoms with Gasteiger partial charge in [-0.05, 0) is 39.2 Å². The van der Waals surface area contributed by atoms with E-state index in [1.165, 1.54) is 30.7 Å². The maximum Gasteiger partial charge on any atom is 0.351 e. The number of benzene rings is 4. The summed E-state index contributed by atoms with van der Waals surface area (Å²) in [4.78, 5) is 56.4. The van der Waals surface area contributed by atoms with Crippen LogP contribution in [0.2, 0.25) is 5.04 Å². The van der Waals surface area contributed by atoms with Gasteiger partial charge in [-0.2, -0.15) is 4.98 Å². The molecule has 1 aliphatic rings. The van der Waals surface area contributed by atoms with Crippen LogP contribution in [0, 0.1) is 0 Å². The third-order valence-electron chi connectivity index (χ3n) is 9.88. The Bertz CT molecular complexity index is 2160. The molecule has 1 saturated heterocycles. The number of nitrogens with one attached hydrogen (secondary N) is 1. The lowest BCUT2D eigenvalue weighted by molar-refractivity contribution is -0.180. The number of hydrogen-bond acceptors (Lipinski definition) is 10. The predicted molar refractivity (Wildman–Crippen MR) is 217 cm³/mol. The Morgan fingerprint density at radius 2 is 1.35 bits per heavy atom. The van der Waals surface area contributed by atoms with Crippen molar-refractivity contribution in [2.24, 2.45) is 0 Å². The molecule has 1 amide bonds. The molecule has 0 radical (unpaired) electrons. The first-order chi connectivity index (χ1) is 27.3. The number of nitrogens with zero attached hydrogens (tertiary/aromatic N) is 2. The summed E-state index contributed by atoms with van der Waals surface area (Å²) in [6, 6.07) is 39.4. The second kappa shape index (κ2) is 17.6. The van der Waals surface area contributed by atoms with Gasteiger partial charge in [0.25, 0.3) is 14.2 Å². The highest BCUT2D eigenvalue weighted by molar-refractivity contribution is 6.99. The van der Waals surface area contributed by atoms with E-state index in [0.717, 1.165) is 15.9 Å². The van der Waals surface area contributed by atoms with Crippen LogP contribution in [-0.4, -0.2) is 66.7 Å².